The van der Waals surface area contributed by atoms with Crippen molar-refractivity contribution < 1.29 is 17.9 Å². The second kappa shape index (κ2) is 9.63. The van der Waals surface area contributed by atoms with Gasteiger partial charge in [0.2, 0.25) is 0 Å². The molecule has 0 radical (unpaired) electrons. The number of hydrogen-bond donors (Lipinski definition) is 2. The van der Waals surface area contributed by atoms with Crippen molar-refractivity contribution in [2.24, 2.45) is 0 Å². The van der Waals surface area contributed by atoms with E-state index in [4.69, 9.17) is 16.3 Å². The van der Waals surface area contributed by atoms with Gasteiger partial charge in [-0.1, -0.05) is 35.4 Å². The van der Waals surface area contributed by atoms with Gasteiger partial charge >= 0.3 is 0 Å². The van der Waals surface area contributed by atoms with Crippen molar-refractivity contribution in [3.8, 4) is 5.75 Å². The molecule has 2 N–H and O–H groups in total. The number of benzene rings is 3. The van der Waals surface area contributed by atoms with Gasteiger partial charge < -0.3 is 10.1 Å². The number of sulfonamides is 1. The number of hydrogen-bond acceptors (Lipinski definition) is 4. The molecule has 0 heterocycles. The number of carbonyl (C=O) groups is 1. The zero-order valence-electron chi connectivity index (χ0n) is 18.3. The Morgan fingerprint density at radius 2 is 1.62 bits per heavy atom. The number of nitrogens with one attached hydrogen (secondary N) is 2. The molecule has 168 valence electrons. The SMILES string of the molecule is Cc1ccc(O[C@@H](C)C(=O)Nc2ccc(S(=O)(=O)Nc3cc(Cl)ccc3C)cc2)c(C)c1. The third-order valence-corrected chi connectivity index (χ3v) is 6.50. The first kappa shape index (κ1) is 23.6. The Balaban J connectivity index is 1.67. The smallest absolute Gasteiger partial charge is 0.265 e. The summed E-state index contributed by atoms with van der Waals surface area (Å²) < 4.78 is 33.7. The second-order valence-corrected chi connectivity index (χ2v) is 9.73. The molecular formula is C24H25ClN2O4S. The van der Waals surface area contributed by atoms with Crippen LogP contribution in [-0.4, -0.2) is 20.4 Å². The van der Waals surface area contributed by atoms with Crippen LogP contribution in [0.4, 0.5) is 11.4 Å². The van der Waals surface area contributed by atoms with E-state index in [1.54, 1.807) is 32.0 Å². The Hall–Kier alpha value is -3.03. The topological polar surface area (TPSA) is 84.5 Å². The lowest BCUT2D eigenvalue weighted by molar-refractivity contribution is -0.122. The van der Waals surface area contributed by atoms with E-state index in [0.717, 1.165) is 16.7 Å². The van der Waals surface area contributed by atoms with E-state index in [1.807, 2.05) is 32.0 Å². The van der Waals surface area contributed by atoms with Gasteiger partial charge in [-0.15, -0.1) is 0 Å². The number of halogens is 1. The minimum Gasteiger partial charge on any atom is -0.481 e. The van der Waals surface area contributed by atoms with E-state index in [9.17, 15) is 13.2 Å². The summed E-state index contributed by atoms with van der Waals surface area (Å²) in [5, 5.41) is 3.17. The van der Waals surface area contributed by atoms with E-state index in [2.05, 4.69) is 10.0 Å². The standard InChI is InChI=1S/C24H25ClN2O4S/c1-15-5-12-23(17(3)13-15)31-18(4)24(28)26-20-8-10-21(11-9-20)32(29,30)27-22-14-19(25)7-6-16(22)2/h5-14,18,27H,1-4H3,(H,26,28)/t18-/m0/s1. The molecule has 0 bridgehead atoms. The van der Waals surface area contributed by atoms with Crippen LogP contribution in [0.3, 0.4) is 0 Å². The highest BCUT2D eigenvalue weighted by Gasteiger charge is 2.18. The quantitative estimate of drug-likeness (QED) is 0.477. The summed E-state index contributed by atoms with van der Waals surface area (Å²) in [4.78, 5) is 12.6. The Morgan fingerprint density at radius 1 is 0.938 bits per heavy atom. The molecule has 0 unspecified atom stereocenters. The van der Waals surface area contributed by atoms with E-state index < -0.39 is 16.1 Å². The summed E-state index contributed by atoms with van der Waals surface area (Å²) in [6.45, 7) is 7.35. The van der Waals surface area contributed by atoms with Crippen LogP contribution < -0.4 is 14.8 Å². The molecule has 0 aliphatic rings. The first-order valence-electron chi connectivity index (χ1n) is 9.99. The van der Waals surface area contributed by atoms with Crippen LogP contribution in [0.15, 0.2) is 65.6 Å². The molecule has 8 heteroatoms. The zero-order chi connectivity index (χ0) is 23.5. The maximum atomic E-state index is 12.7. The summed E-state index contributed by atoms with van der Waals surface area (Å²) in [5.41, 5.74) is 3.68. The highest BCUT2D eigenvalue weighted by atomic mass is 35.5. The fraction of sp³-hybridized carbons (Fsp3) is 0.208. The van der Waals surface area contributed by atoms with E-state index >= 15 is 0 Å². The largest absolute Gasteiger partial charge is 0.481 e. The van der Waals surface area contributed by atoms with Crippen molar-refractivity contribution in [2.75, 3.05) is 10.0 Å². The van der Waals surface area contributed by atoms with E-state index in [1.165, 1.54) is 24.3 Å². The molecule has 0 aliphatic heterocycles. The Bertz CT molecular complexity index is 1240. The molecule has 6 nitrogen and oxygen atoms in total. The van der Waals surface area contributed by atoms with Crippen molar-refractivity contribution in [1.29, 1.82) is 0 Å². The summed E-state index contributed by atoms with van der Waals surface area (Å²) in [7, 11) is -3.81. The molecule has 0 saturated carbocycles. The van der Waals surface area contributed by atoms with Crippen molar-refractivity contribution in [1.82, 2.24) is 0 Å². The van der Waals surface area contributed by atoms with Crippen molar-refractivity contribution >= 4 is 38.9 Å². The minimum absolute atomic E-state index is 0.0643. The molecule has 32 heavy (non-hydrogen) atoms. The van der Waals surface area contributed by atoms with Gasteiger partial charge in [-0.25, -0.2) is 8.42 Å². The average molecular weight is 473 g/mol. The number of ether oxygens (including phenoxy) is 1. The lowest BCUT2D eigenvalue weighted by Crippen LogP contribution is -2.30. The van der Waals surface area contributed by atoms with Crippen LogP contribution in [0.25, 0.3) is 0 Å². The predicted octanol–water partition coefficient (Wildman–Crippen LogP) is 5.47. The van der Waals surface area contributed by atoms with Gasteiger partial charge in [-0.05, 0) is 81.3 Å². The highest BCUT2D eigenvalue weighted by Crippen LogP contribution is 2.24. The molecule has 0 fully saturated rings. The first-order valence-corrected chi connectivity index (χ1v) is 11.8. The molecular weight excluding hydrogens is 448 g/mol. The van der Waals surface area contributed by atoms with Crippen LogP contribution in [0, 0.1) is 20.8 Å². The van der Waals surface area contributed by atoms with Gasteiger partial charge in [-0.3, -0.25) is 9.52 Å². The molecule has 0 aromatic heterocycles. The summed E-state index contributed by atoms with van der Waals surface area (Å²) in [6, 6.07) is 16.6. The van der Waals surface area contributed by atoms with E-state index in [-0.39, 0.29) is 10.8 Å². The molecule has 0 aliphatic carbocycles. The highest BCUT2D eigenvalue weighted by molar-refractivity contribution is 7.92. The normalized spacial score (nSPS) is 12.2. The summed E-state index contributed by atoms with van der Waals surface area (Å²) >= 11 is 5.97. The van der Waals surface area contributed by atoms with Crippen LogP contribution in [0.1, 0.15) is 23.6 Å². The Labute approximate surface area is 193 Å². The van der Waals surface area contributed by atoms with Crippen LogP contribution in [0.2, 0.25) is 5.02 Å². The molecule has 3 rings (SSSR count). The Kier molecular flexibility index (Phi) is 7.11. The Morgan fingerprint density at radius 3 is 2.28 bits per heavy atom. The predicted molar refractivity (Wildman–Crippen MR) is 128 cm³/mol. The minimum atomic E-state index is -3.81. The lowest BCUT2D eigenvalue weighted by Gasteiger charge is -2.17. The van der Waals surface area contributed by atoms with Gasteiger partial charge in [0.15, 0.2) is 6.10 Å². The molecule has 3 aromatic rings. The monoisotopic (exact) mass is 472 g/mol. The van der Waals surface area contributed by atoms with Crippen molar-refractivity contribution in [3.05, 3.63) is 82.4 Å². The maximum Gasteiger partial charge on any atom is 0.265 e. The number of amides is 1. The van der Waals surface area contributed by atoms with Gasteiger partial charge in [-0.2, -0.15) is 0 Å². The average Bonchev–Trinajstić information content (AvgIpc) is 2.73. The molecule has 0 saturated heterocycles. The number of anilines is 2. The van der Waals surface area contributed by atoms with Gasteiger partial charge in [0.05, 0.1) is 10.6 Å². The summed E-state index contributed by atoms with van der Waals surface area (Å²) in [5.74, 6) is 0.301. The van der Waals surface area contributed by atoms with Crippen LogP contribution >= 0.6 is 11.6 Å². The second-order valence-electron chi connectivity index (χ2n) is 7.61. The zero-order valence-corrected chi connectivity index (χ0v) is 19.8. The molecule has 1 atom stereocenters. The van der Waals surface area contributed by atoms with Crippen LogP contribution in [-0.2, 0) is 14.8 Å². The fourth-order valence-electron chi connectivity index (χ4n) is 3.04. The van der Waals surface area contributed by atoms with E-state index in [0.29, 0.717) is 22.1 Å². The fourth-order valence-corrected chi connectivity index (χ4v) is 4.34. The molecule has 0 spiro atoms. The summed E-state index contributed by atoms with van der Waals surface area (Å²) in [6.07, 6.45) is -0.729. The van der Waals surface area contributed by atoms with Crippen molar-refractivity contribution in [2.45, 2.75) is 38.7 Å². The van der Waals surface area contributed by atoms with Crippen LogP contribution in [0.5, 0.6) is 5.75 Å². The molecule has 1 amide bonds. The first-order chi connectivity index (χ1) is 15.0. The maximum absolute atomic E-state index is 12.7. The van der Waals surface area contributed by atoms with Gasteiger partial charge in [0, 0.05) is 10.7 Å². The number of rotatable bonds is 7. The third-order valence-electron chi connectivity index (χ3n) is 4.88. The van der Waals surface area contributed by atoms with Crippen molar-refractivity contribution in [3.63, 3.8) is 0 Å². The van der Waals surface area contributed by atoms with Gasteiger partial charge in [0.1, 0.15) is 5.75 Å². The molecule has 3 aromatic carbocycles. The number of aryl methyl sites for hydroxylation is 3. The third kappa shape index (κ3) is 5.81. The van der Waals surface area contributed by atoms with Gasteiger partial charge in [0.25, 0.3) is 15.9 Å². The lowest BCUT2D eigenvalue weighted by atomic mass is 10.1. The number of carbonyl (C=O) groups excluding carboxylic acids is 1.